The largest absolute Gasteiger partial charge is 0.409 e. The van der Waals surface area contributed by atoms with Gasteiger partial charge in [0.05, 0.1) is 6.54 Å². The molecular formula is C14H27N5O2. The second kappa shape index (κ2) is 8.07. The van der Waals surface area contributed by atoms with Crippen molar-refractivity contribution in [3.8, 4) is 0 Å². The summed E-state index contributed by atoms with van der Waals surface area (Å²) in [5.41, 5.74) is 5.50. The minimum absolute atomic E-state index is 0.0308. The molecule has 1 heterocycles. The van der Waals surface area contributed by atoms with Gasteiger partial charge in [-0.15, -0.1) is 0 Å². The van der Waals surface area contributed by atoms with Crippen LogP contribution in [0.1, 0.15) is 44.9 Å². The lowest BCUT2D eigenvalue weighted by molar-refractivity contribution is 0.201. The second-order valence-corrected chi connectivity index (χ2v) is 6.09. The van der Waals surface area contributed by atoms with Gasteiger partial charge < -0.3 is 21.6 Å². The number of hydrogen-bond donors (Lipinski definition) is 4. The number of piperidine rings is 1. The number of urea groups is 1. The van der Waals surface area contributed by atoms with E-state index in [9.17, 15) is 4.79 Å². The Bertz CT molecular complexity index is 360. The number of nitrogens with zero attached hydrogens (tertiary/aromatic N) is 2. The molecule has 2 fully saturated rings. The summed E-state index contributed by atoms with van der Waals surface area (Å²) in [7, 11) is 0. The molecule has 7 heteroatoms. The second-order valence-electron chi connectivity index (χ2n) is 6.09. The molecule has 0 radical (unpaired) electrons. The van der Waals surface area contributed by atoms with Gasteiger partial charge >= 0.3 is 6.03 Å². The minimum atomic E-state index is -0.0308. The zero-order valence-corrected chi connectivity index (χ0v) is 12.6. The molecule has 0 unspecified atom stereocenters. The Morgan fingerprint density at radius 2 is 1.67 bits per heavy atom. The maximum atomic E-state index is 12.0. The highest BCUT2D eigenvalue weighted by molar-refractivity contribution is 5.81. The van der Waals surface area contributed by atoms with E-state index in [1.54, 1.807) is 0 Å². The van der Waals surface area contributed by atoms with E-state index in [4.69, 9.17) is 10.9 Å². The number of rotatable bonds is 4. The summed E-state index contributed by atoms with van der Waals surface area (Å²) in [5.74, 6) is 0.233. The SMILES string of the molecule is NC(CN1CCC(NC(=O)NC2CCCCC2)CC1)=NO. The molecule has 1 aliphatic heterocycles. The summed E-state index contributed by atoms with van der Waals surface area (Å²) in [5, 5.41) is 17.7. The van der Waals surface area contributed by atoms with Gasteiger partial charge in [-0.1, -0.05) is 24.4 Å². The van der Waals surface area contributed by atoms with Crippen molar-refractivity contribution in [2.45, 2.75) is 57.0 Å². The lowest BCUT2D eigenvalue weighted by atomic mass is 9.96. The van der Waals surface area contributed by atoms with Crippen molar-refractivity contribution < 1.29 is 10.0 Å². The molecule has 2 amide bonds. The molecule has 1 saturated heterocycles. The van der Waals surface area contributed by atoms with Crippen LogP contribution < -0.4 is 16.4 Å². The minimum Gasteiger partial charge on any atom is -0.409 e. The number of nitrogens with two attached hydrogens (primary N) is 1. The molecule has 0 atom stereocenters. The fourth-order valence-electron chi connectivity index (χ4n) is 3.16. The maximum Gasteiger partial charge on any atom is 0.315 e. The number of amides is 2. The Morgan fingerprint density at radius 3 is 2.24 bits per heavy atom. The molecule has 120 valence electrons. The van der Waals surface area contributed by atoms with E-state index in [0.717, 1.165) is 38.8 Å². The van der Waals surface area contributed by atoms with Gasteiger partial charge in [-0.05, 0) is 25.7 Å². The van der Waals surface area contributed by atoms with Crippen LogP contribution in [0.2, 0.25) is 0 Å². The Balaban J connectivity index is 1.64. The van der Waals surface area contributed by atoms with Crippen molar-refractivity contribution in [3.05, 3.63) is 0 Å². The Kier molecular flexibility index (Phi) is 6.10. The van der Waals surface area contributed by atoms with Crippen molar-refractivity contribution in [2.75, 3.05) is 19.6 Å². The van der Waals surface area contributed by atoms with Crippen molar-refractivity contribution in [1.82, 2.24) is 15.5 Å². The zero-order valence-electron chi connectivity index (χ0n) is 12.6. The summed E-state index contributed by atoms with van der Waals surface area (Å²) in [6.45, 7) is 2.19. The van der Waals surface area contributed by atoms with Crippen LogP contribution in [0, 0.1) is 0 Å². The fourth-order valence-corrected chi connectivity index (χ4v) is 3.16. The predicted octanol–water partition coefficient (Wildman–Crippen LogP) is 0.829. The van der Waals surface area contributed by atoms with E-state index in [-0.39, 0.29) is 17.9 Å². The summed E-state index contributed by atoms with van der Waals surface area (Å²) < 4.78 is 0. The summed E-state index contributed by atoms with van der Waals surface area (Å²) >= 11 is 0. The molecule has 5 N–H and O–H groups in total. The van der Waals surface area contributed by atoms with Gasteiger partial charge in [0.1, 0.15) is 0 Å². The van der Waals surface area contributed by atoms with Gasteiger partial charge in [0, 0.05) is 25.2 Å². The fraction of sp³-hybridized carbons (Fsp3) is 0.857. The standard InChI is InChI=1S/C14H27N5O2/c15-13(18-21)10-19-8-6-12(7-9-19)17-14(20)16-11-4-2-1-3-5-11/h11-12,21H,1-10H2,(H2,15,18)(H2,16,17,20). The van der Waals surface area contributed by atoms with Gasteiger partial charge in [0.25, 0.3) is 0 Å². The maximum absolute atomic E-state index is 12.0. The molecule has 0 bridgehead atoms. The molecule has 0 spiro atoms. The van der Waals surface area contributed by atoms with Gasteiger partial charge in [-0.2, -0.15) is 0 Å². The number of oxime groups is 1. The average molecular weight is 297 g/mol. The third-order valence-corrected chi connectivity index (χ3v) is 4.38. The number of nitrogens with one attached hydrogen (secondary N) is 2. The lowest BCUT2D eigenvalue weighted by Gasteiger charge is -2.32. The van der Waals surface area contributed by atoms with E-state index in [1.807, 2.05) is 0 Å². The molecule has 2 rings (SSSR count). The molecule has 1 saturated carbocycles. The van der Waals surface area contributed by atoms with E-state index < -0.39 is 0 Å². The number of amidine groups is 1. The van der Waals surface area contributed by atoms with Crippen LogP contribution in [-0.2, 0) is 0 Å². The quantitative estimate of drug-likeness (QED) is 0.267. The van der Waals surface area contributed by atoms with Crippen LogP contribution in [0.3, 0.4) is 0 Å². The normalized spacial score (nSPS) is 23.0. The van der Waals surface area contributed by atoms with Crippen LogP contribution >= 0.6 is 0 Å². The topological polar surface area (TPSA) is 103 Å². The van der Waals surface area contributed by atoms with Gasteiger partial charge in [-0.25, -0.2) is 4.79 Å². The molecule has 1 aliphatic carbocycles. The molecule has 21 heavy (non-hydrogen) atoms. The summed E-state index contributed by atoms with van der Waals surface area (Å²) in [6, 6.07) is 0.535. The molecule has 0 aromatic rings. The zero-order chi connectivity index (χ0) is 15.1. The highest BCUT2D eigenvalue weighted by Gasteiger charge is 2.22. The van der Waals surface area contributed by atoms with Crippen LogP contribution in [0.5, 0.6) is 0 Å². The smallest absolute Gasteiger partial charge is 0.315 e. The van der Waals surface area contributed by atoms with Crippen LogP contribution in [0.4, 0.5) is 4.79 Å². The van der Waals surface area contributed by atoms with Crippen LogP contribution in [0.25, 0.3) is 0 Å². The van der Waals surface area contributed by atoms with E-state index in [2.05, 4.69) is 20.7 Å². The molecule has 0 aromatic heterocycles. The van der Waals surface area contributed by atoms with Crippen molar-refractivity contribution in [2.24, 2.45) is 10.9 Å². The van der Waals surface area contributed by atoms with E-state index >= 15 is 0 Å². The first kappa shape index (κ1) is 15.9. The molecule has 2 aliphatic rings. The van der Waals surface area contributed by atoms with Gasteiger partial charge in [0.2, 0.25) is 0 Å². The lowest BCUT2D eigenvalue weighted by Crippen LogP contribution is -2.51. The third-order valence-electron chi connectivity index (χ3n) is 4.38. The van der Waals surface area contributed by atoms with E-state index in [0.29, 0.717) is 12.6 Å². The first-order valence-corrected chi connectivity index (χ1v) is 7.93. The average Bonchev–Trinajstić information content (AvgIpc) is 2.50. The first-order valence-electron chi connectivity index (χ1n) is 7.93. The number of carbonyl (C=O) groups is 1. The Hall–Kier alpha value is -1.50. The van der Waals surface area contributed by atoms with Gasteiger partial charge in [0.15, 0.2) is 5.84 Å². The highest BCUT2D eigenvalue weighted by atomic mass is 16.4. The van der Waals surface area contributed by atoms with Crippen molar-refractivity contribution in [3.63, 3.8) is 0 Å². The van der Waals surface area contributed by atoms with Crippen molar-refractivity contribution in [1.29, 1.82) is 0 Å². The first-order chi connectivity index (χ1) is 10.2. The van der Waals surface area contributed by atoms with Crippen LogP contribution in [-0.4, -0.2) is 53.7 Å². The highest BCUT2D eigenvalue weighted by Crippen LogP contribution is 2.17. The van der Waals surface area contributed by atoms with Crippen molar-refractivity contribution >= 4 is 11.9 Å². The number of carbonyl (C=O) groups excluding carboxylic acids is 1. The molecule has 7 nitrogen and oxygen atoms in total. The summed E-state index contributed by atoms with van der Waals surface area (Å²) in [6.07, 6.45) is 7.73. The van der Waals surface area contributed by atoms with Gasteiger partial charge in [-0.3, -0.25) is 4.90 Å². The van der Waals surface area contributed by atoms with E-state index in [1.165, 1.54) is 19.3 Å². The predicted molar refractivity (Wildman–Crippen MR) is 81.4 cm³/mol. The number of likely N-dealkylation sites (tertiary alicyclic amines) is 1. The molecular weight excluding hydrogens is 270 g/mol. The summed E-state index contributed by atoms with van der Waals surface area (Å²) in [4.78, 5) is 14.1. The Morgan fingerprint density at radius 1 is 1.10 bits per heavy atom. The molecule has 0 aromatic carbocycles. The Labute approximate surface area is 125 Å². The number of hydrogen-bond acceptors (Lipinski definition) is 4. The van der Waals surface area contributed by atoms with Crippen LogP contribution in [0.15, 0.2) is 5.16 Å². The third kappa shape index (κ3) is 5.41. The monoisotopic (exact) mass is 297 g/mol.